The first-order valence-corrected chi connectivity index (χ1v) is 16.2. The van der Waals surface area contributed by atoms with E-state index in [1.165, 1.54) is 46.5 Å². The first kappa shape index (κ1) is 29.5. The smallest absolute Gasteiger partial charge is 0.226 e. The topological polar surface area (TPSA) is 17.6 Å². The van der Waals surface area contributed by atoms with Crippen LogP contribution in [0, 0.1) is 11.6 Å². The number of hydrogen-bond acceptors (Lipinski definition) is 0. The third-order valence-electron chi connectivity index (χ3n) is 9.04. The molecule has 8 aromatic rings. The molecule has 6 aromatic carbocycles. The fourth-order valence-electron chi connectivity index (χ4n) is 6.56. The number of rotatable bonds is 9. The maximum atomic E-state index is 13.5. The molecule has 0 unspecified atom stereocenters. The number of imidazole rings is 2. The Morgan fingerprint density at radius 3 is 1.15 bits per heavy atom. The standard InChI is InChI=1S/C42H34F2N4/c43-37-21-13-33(14-22-37)27-47-29-45(39-5-1-3-7-41(39)47)25-31-9-17-35(18-10-31)36-19-11-32(12-20-36)26-46-30-48(42-8-4-2-6-40(42)46)28-34-15-23-38(44)24-16-34/h1-24,29-30H,25-28H2/q+2. The van der Waals surface area contributed by atoms with Crippen molar-refractivity contribution >= 4 is 22.1 Å². The molecule has 48 heavy (non-hydrogen) atoms. The van der Waals surface area contributed by atoms with E-state index < -0.39 is 0 Å². The Morgan fingerprint density at radius 2 is 0.750 bits per heavy atom. The van der Waals surface area contributed by atoms with Crippen molar-refractivity contribution in [1.82, 2.24) is 9.13 Å². The molecular weight excluding hydrogens is 598 g/mol. The molecule has 0 radical (unpaired) electrons. The minimum Gasteiger partial charge on any atom is -0.226 e. The molecule has 6 heteroatoms. The average Bonchev–Trinajstić information content (AvgIpc) is 3.64. The van der Waals surface area contributed by atoms with E-state index in [1.54, 1.807) is 0 Å². The predicted octanol–water partition coefficient (Wildman–Crippen LogP) is 8.31. The highest BCUT2D eigenvalue weighted by Crippen LogP contribution is 2.22. The van der Waals surface area contributed by atoms with Gasteiger partial charge in [0.25, 0.3) is 0 Å². The van der Waals surface area contributed by atoms with Crippen molar-refractivity contribution in [2.75, 3.05) is 0 Å². The van der Waals surface area contributed by atoms with E-state index in [4.69, 9.17) is 0 Å². The van der Waals surface area contributed by atoms with Crippen LogP contribution in [-0.2, 0) is 26.2 Å². The van der Waals surface area contributed by atoms with Gasteiger partial charge in [0.15, 0.2) is 22.1 Å². The van der Waals surface area contributed by atoms with Crippen molar-refractivity contribution in [3.05, 3.63) is 192 Å². The lowest BCUT2D eigenvalue weighted by molar-refractivity contribution is -0.663. The average molecular weight is 633 g/mol. The summed E-state index contributed by atoms with van der Waals surface area (Å²) >= 11 is 0. The van der Waals surface area contributed by atoms with Gasteiger partial charge in [-0.25, -0.2) is 27.0 Å². The van der Waals surface area contributed by atoms with E-state index >= 15 is 0 Å². The van der Waals surface area contributed by atoms with Crippen molar-refractivity contribution in [1.29, 1.82) is 0 Å². The summed E-state index contributed by atoms with van der Waals surface area (Å²) in [5, 5.41) is 0. The van der Waals surface area contributed by atoms with Crippen LogP contribution in [0.5, 0.6) is 0 Å². The van der Waals surface area contributed by atoms with Crippen molar-refractivity contribution in [2.45, 2.75) is 26.2 Å². The molecule has 0 fully saturated rings. The number of hydrogen-bond donors (Lipinski definition) is 0. The third-order valence-corrected chi connectivity index (χ3v) is 9.04. The van der Waals surface area contributed by atoms with Gasteiger partial charge in [-0.3, -0.25) is 0 Å². The Bertz CT molecular complexity index is 2170. The molecule has 0 spiro atoms. The molecule has 0 N–H and O–H groups in total. The van der Waals surface area contributed by atoms with Crippen LogP contribution in [0.3, 0.4) is 0 Å². The maximum absolute atomic E-state index is 13.5. The SMILES string of the molecule is Fc1ccc(Cn2c[n+](Cc3ccc(-c4ccc(C[n+]5cn(Cc6ccc(F)cc6)c6ccccc65)cc4)cc3)c3ccccc32)cc1. The van der Waals surface area contributed by atoms with Crippen LogP contribution in [-0.4, -0.2) is 9.13 Å². The fourth-order valence-corrected chi connectivity index (χ4v) is 6.56. The first-order chi connectivity index (χ1) is 23.6. The Morgan fingerprint density at radius 1 is 0.396 bits per heavy atom. The minimum absolute atomic E-state index is 0.218. The molecule has 4 nitrogen and oxygen atoms in total. The van der Waals surface area contributed by atoms with E-state index in [1.807, 2.05) is 24.3 Å². The monoisotopic (exact) mass is 632 g/mol. The van der Waals surface area contributed by atoms with Crippen LogP contribution < -0.4 is 9.13 Å². The predicted molar refractivity (Wildman–Crippen MR) is 185 cm³/mol. The second kappa shape index (κ2) is 12.7. The van der Waals surface area contributed by atoms with Crippen LogP contribution in [0.4, 0.5) is 8.78 Å². The summed E-state index contributed by atoms with van der Waals surface area (Å²) in [6.07, 6.45) is 4.30. The van der Waals surface area contributed by atoms with Crippen LogP contribution in [0.15, 0.2) is 158 Å². The van der Waals surface area contributed by atoms with E-state index in [0.29, 0.717) is 13.1 Å². The highest BCUT2D eigenvalue weighted by Gasteiger charge is 2.18. The van der Waals surface area contributed by atoms with Crippen LogP contribution in [0.2, 0.25) is 0 Å². The van der Waals surface area contributed by atoms with Crippen molar-refractivity contribution in [2.24, 2.45) is 0 Å². The quantitative estimate of drug-likeness (QED) is 0.143. The zero-order valence-corrected chi connectivity index (χ0v) is 26.4. The molecule has 0 atom stereocenters. The summed E-state index contributed by atoms with van der Waals surface area (Å²) in [5.74, 6) is -0.436. The first-order valence-electron chi connectivity index (χ1n) is 16.2. The Balaban J connectivity index is 0.977. The van der Waals surface area contributed by atoms with E-state index in [2.05, 4.69) is 128 Å². The highest BCUT2D eigenvalue weighted by molar-refractivity contribution is 5.72. The zero-order chi connectivity index (χ0) is 32.5. The molecule has 2 heterocycles. The van der Waals surface area contributed by atoms with Gasteiger partial charge in [0.2, 0.25) is 12.7 Å². The summed E-state index contributed by atoms with van der Waals surface area (Å²) < 4.78 is 35.9. The molecule has 0 aliphatic heterocycles. The van der Waals surface area contributed by atoms with E-state index in [-0.39, 0.29) is 11.6 Å². The number of aromatic nitrogens is 4. The Kier molecular flexibility index (Phi) is 7.83. The van der Waals surface area contributed by atoms with Gasteiger partial charge in [0.05, 0.1) is 0 Å². The number of halogens is 2. The van der Waals surface area contributed by atoms with Gasteiger partial charge in [-0.2, -0.15) is 0 Å². The maximum Gasteiger partial charge on any atom is 0.245 e. The Labute approximate surface area is 278 Å². The second-order valence-electron chi connectivity index (χ2n) is 12.4. The molecule has 0 aliphatic carbocycles. The van der Waals surface area contributed by atoms with Gasteiger partial charge in [-0.1, -0.05) is 97.1 Å². The zero-order valence-electron chi connectivity index (χ0n) is 26.4. The number of para-hydroxylation sites is 4. The fraction of sp³-hybridized carbons (Fsp3) is 0.0952. The van der Waals surface area contributed by atoms with E-state index in [0.717, 1.165) is 46.3 Å². The molecule has 0 saturated heterocycles. The van der Waals surface area contributed by atoms with Gasteiger partial charge >= 0.3 is 0 Å². The Hall–Kier alpha value is -5.88. The molecule has 8 rings (SSSR count). The van der Waals surface area contributed by atoms with Gasteiger partial charge in [-0.15, -0.1) is 0 Å². The summed E-state index contributed by atoms with van der Waals surface area (Å²) in [6.45, 7) is 2.86. The molecule has 0 aliphatic rings. The highest BCUT2D eigenvalue weighted by atomic mass is 19.1. The van der Waals surface area contributed by atoms with Crippen LogP contribution >= 0.6 is 0 Å². The summed E-state index contributed by atoms with van der Waals surface area (Å²) in [5.41, 5.74) is 11.5. The molecule has 0 bridgehead atoms. The second-order valence-corrected chi connectivity index (χ2v) is 12.4. The number of benzene rings is 6. The lowest BCUT2D eigenvalue weighted by Gasteiger charge is -2.06. The lowest BCUT2D eigenvalue weighted by atomic mass is 10.0. The molecule has 0 amide bonds. The third kappa shape index (κ3) is 6.13. The van der Waals surface area contributed by atoms with Crippen molar-refractivity contribution in [3.8, 4) is 11.1 Å². The van der Waals surface area contributed by atoms with Gasteiger partial charge in [-0.05, 0) is 81.9 Å². The largest absolute Gasteiger partial charge is 0.245 e. The summed E-state index contributed by atoms with van der Waals surface area (Å²) in [4.78, 5) is 0. The molecule has 234 valence electrons. The number of fused-ring (bicyclic) bond motifs is 2. The van der Waals surface area contributed by atoms with Crippen LogP contribution in [0.25, 0.3) is 33.2 Å². The van der Waals surface area contributed by atoms with Crippen molar-refractivity contribution in [3.63, 3.8) is 0 Å². The van der Waals surface area contributed by atoms with Gasteiger partial charge < -0.3 is 0 Å². The lowest BCUT2D eigenvalue weighted by Crippen LogP contribution is -2.32. The van der Waals surface area contributed by atoms with Gasteiger partial charge in [0, 0.05) is 0 Å². The molecular formula is C42H34F2N4+2. The van der Waals surface area contributed by atoms with Crippen molar-refractivity contribution < 1.29 is 17.9 Å². The van der Waals surface area contributed by atoms with Gasteiger partial charge in [0.1, 0.15) is 37.8 Å². The number of nitrogens with zero attached hydrogens (tertiary/aromatic N) is 4. The summed E-state index contributed by atoms with van der Waals surface area (Å²) in [6, 6.07) is 47.8. The molecule has 2 aromatic heterocycles. The molecule has 0 saturated carbocycles. The van der Waals surface area contributed by atoms with E-state index in [9.17, 15) is 8.78 Å². The van der Waals surface area contributed by atoms with Crippen LogP contribution in [0.1, 0.15) is 22.3 Å². The normalized spacial score (nSPS) is 11.5. The summed E-state index contributed by atoms with van der Waals surface area (Å²) in [7, 11) is 0. The minimum atomic E-state index is -0.218.